The van der Waals surface area contributed by atoms with Crippen LogP contribution in [0.2, 0.25) is 0 Å². The second-order valence-electron chi connectivity index (χ2n) is 3.10. The first-order valence-corrected chi connectivity index (χ1v) is 4.42. The van der Waals surface area contributed by atoms with E-state index in [9.17, 15) is 5.11 Å². The molecule has 1 aliphatic rings. The van der Waals surface area contributed by atoms with Gasteiger partial charge in [0.25, 0.3) is 0 Å². The zero-order valence-corrected chi connectivity index (χ0v) is 8.21. The molecule has 0 aromatic rings. The van der Waals surface area contributed by atoms with Crippen LogP contribution >= 0.6 is 15.9 Å². The lowest BCUT2D eigenvalue weighted by Crippen LogP contribution is -2.39. The van der Waals surface area contributed by atoms with Crippen LogP contribution in [0.15, 0.2) is 0 Å². The first-order chi connectivity index (χ1) is 5.00. The highest BCUT2D eigenvalue weighted by molar-refractivity contribution is 9.10. The molecule has 0 bridgehead atoms. The maximum atomic E-state index is 9.56. The van der Waals surface area contributed by atoms with Gasteiger partial charge in [-0.2, -0.15) is 0 Å². The summed E-state index contributed by atoms with van der Waals surface area (Å²) in [6, 6.07) is 0. The minimum atomic E-state index is -0.637. The molecule has 1 saturated heterocycles. The van der Waals surface area contributed by atoms with Gasteiger partial charge in [0.2, 0.25) is 0 Å². The summed E-state index contributed by atoms with van der Waals surface area (Å²) < 4.78 is 4.86. The van der Waals surface area contributed by atoms with Crippen molar-refractivity contribution in [3.8, 4) is 0 Å². The molecule has 0 aromatic heterocycles. The molecule has 1 rings (SSSR count). The molecule has 66 valence electrons. The van der Waals surface area contributed by atoms with Crippen LogP contribution in [0.1, 0.15) is 13.8 Å². The van der Waals surface area contributed by atoms with Crippen LogP contribution in [-0.4, -0.2) is 39.5 Å². The summed E-state index contributed by atoms with van der Waals surface area (Å²) in [5, 5.41) is 18.3. The van der Waals surface area contributed by atoms with Gasteiger partial charge in [0.1, 0.15) is 6.10 Å². The third-order valence-corrected chi connectivity index (χ3v) is 3.40. The highest BCUT2D eigenvalue weighted by Crippen LogP contribution is 2.37. The van der Waals surface area contributed by atoms with E-state index in [0.29, 0.717) is 0 Å². The van der Waals surface area contributed by atoms with Crippen molar-refractivity contribution in [3.63, 3.8) is 0 Å². The molecule has 0 aromatic carbocycles. The lowest BCUT2D eigenvalue weighted by molar-refractivity contribution is -0.0170. The van der Waals surface area contributed by atoms with Gasteiger partial charge in [-0.15, -0.1) is 0 Å². The van der Waals surface area contributed by atoms with E-state index in [1.165, 1.54) is 0 Å². The molecule has 1 fully saturated rings. The van der Waals surface area contributed by atoms with Crippen molar-refractivity contribution in [1.82, 2.24) is 0 Å². The Hall–Kier alpha value is 0.360. The molecule has 3 unspecified atom stereocenters. The maximum absolute atomic E-state index is 9.56. The van der Waals surface area contributed by atoms with Crippen molar-refractivity contribution in [2.75, 3.05) is 6.61 Å². The van der Waals surface area contributed by atoms with Gasteiger partial charge in [-0.05, 0) is 13.8 Å². The Morgan fingerprint density at radius 3 is 2.36 bits per heavy atom. The van der Waals surface area contributed by atoms with E-state index >= 15 is 0 Å². The molecular weight excluding hydrogens is 212 g/mol. The summed E-state index contributed by atoms with van der Waals surface area (Å²) in [5.41, 5.74) is 0. The summed E-state index contributed by atoms with van der Waals surface area (Å²) >= 11 is 3.37. The molecule has 4 atom stereocenters. The minimum Gasteiger partial charge on any atom is -0.394 e. The van der Waals surface area contributed by atoms with Crippen LogP contribution < -0.4 is 0 Å². The van der Waals surface area contributed by atoms with Gasteiger partial charge >= 0.3 is 0 Å². The highest BCUT2D eigenvalue weighted by Gasteiger charge is 2.48. The SMILES string of the molecule is C[C@@H]1OC(CO)C(O)C1(C)Br. The van der Waals surface area contributed by atoms with Gasteiger partial charge in [-0.1, -0.05) is 15.9 Å². The summed E-state index contributed by atoms with van der Waals surface area (Å²) in [7, 11) is 0. The molecule has 1 aliphatic heterocycles. The van der Waals surface area contributed by atoms with E-state index in [2.05, 4.69) is 15.9 Å². The molecule has 2 N–H and O–H groups in total. The van der Waals surface area contributed by atoms with Crippen molar-refractivity contribution < 1.29 is 14.9 Å². The van der Waals surface area contributed by atoms with Crippen molar-refractivity contribution in [3.05, 3.63) is 0 Å². The Kier molecular flexibility index (Phi) is 2.59. The minimum absolute atomic E-state index is 0.0744. The van der Waals surface area contributed by atoms with Crippen LogP contribution in [0.4, 0.5) is 0 Å². The Bertz CT molecular complexity index is 149. The largest absolute Gasteiger partial charge is 0.394 e. The van der Waals surface area contributed by atoms with Crippen LogP contribution in [-0.2, 0) is 4.74 Å². The number of hydrogen-bond acceptors (Lipinski definition) is 3. The molecule has 0 radical (unpaired) electrons. The average Bonchev–Trinajstić information content (AvgIpc) is 2.14. The quantitative estimate of drug-likeness (QED) is 0.630. The molecule has 1 heterocycles. The van der Waals surface area contributed by atoms with E-state index in [4.69, 9.17) is 9.84 Å². The van der Waals surface area contributed by atoms with Crippen LogP contribution in [0.3, 0.4) is 0 Å². The number of hydrogen-bond donors (Lipinski definition) is 2. The van der Waals surface area contributed by atoms with Gasteiger partial charge in [0, 0.05) is 0 Å². The third kappa shape index (κ3) is 1.45. The van der Waals surface area contributed by atoms with Crippen molar-refractivity contribution in [2.24, 2.45) is 0 Å². The molecule has 0 saturated carbocycles. The molecule has 11 heavy (non-hydrogen) atoms. The normalized spacial score (nSPS) is 51.5. The van der Waals surface area contributed by atoms with Gasteiger partial charge in [0.15, 0.2) is 0 Å². The molecule has 0 amide bonds. The zero-order valence-electron chi connectivity index (χ0n) is 6.62. The van der Waals surface area contributed by atoms with Crippen molar-refractivity contribution >= 4 is 15.9 Å². The molecular formula is C7H13BrO3. The first-order valence-electron chi connectivity index (χ1n) is 3.63. The smallest absolute Gasteiger partial charge is 0.108 e. The lowest BCUT2D eigenvalue weighted by Gasteiger charge is -2.22. The number of aliphatic hydroxyl groups is 2. The lowest BCUT2D eigenvalue weighted by atomic mass is 9.99. The summed E-state index contributed by atoms with van der Waals surface area (Å²) in [6.45, 7) is 3.60. The van der Waals surface area contributed by atoms with Crippen LogP contribution in [0.25, 0.3) is 0 Å². The fraction of sp³-hybridized carbons (Fsp3) is 1.00. The second-order valence-corrected chi connectivity index (χ2v) is 4.80. The standard InChI is InChI=1S/C7H13BrO3/c1-4-7(2,8)6(10)5(3-9)11-4/h4-6,9-10H,3H2,1-2H3/t4-,5?,6?,7?/m0/s1. The van der Waals surface area contributed by atoms with E-state index in [1.807, 2.05) is 13.8 Å². The Morgan fingerprint density at radius 2 is 2.18 bits per heavy atom. The molecule has 0 aliphatic carbocycles. The summed E-state index contributed by atoms with van der Waals surface area (Å²) in [4.78, 5) is 0. The fourth-order valence-corrected chi connectivity index (χ4v) is 1.62. The van der Waals surface area contributed by atoms with E-state index in [0.717, 1.165) is 0 Å². The number of alkyl halides is 1. The highest BCUT2D eigenvalue weighted by atomic mass is 79.9. The Labute approximate surface area is 74.5 Å². The number of rotatable bonds is 1. The van der Waals surface area contributed by atoms with E-state index < -0.39 is 16.5 Å². The second kappa shape index (κ2) is 3.01. The number of aliphatic hydroxyl groups excluding tert-OH is 2. The summed E-state index contributed by atoms with van der Waals surface area (Å²) in [5.74, 6) is 0. The topological polar surface area (TPSA) is 49.7 Å². The first kappa shape index (κ1) is 9.45. The Morgan fingerprint density at radius 1 is 1.64 bits per heavy atom. The van der Waals surface area contributed by atoms with Gasteiger partial charge in [-0.3, -0.25) is 0 Å². The predicted octanol–water partition coefficient (Wildman–Crippen LogP) is 0.281. The summed E-state index contributed by atoms with van der Waals surface area (Å²) in [6.07, 6.45) is -1.16. The molecule has 3 nitrogen and oxygen atoms in total. The predicted molar refractivity (Wildman–Crippen MR) is 44.8 cm³/mol. The van der Waals surface area contributed by atoms with E-state index in [1.54, 1.807) is 0 Å². The number of halogens is 1. The van der Waals surface area contributed by atoms with Gasteiger partial charge < -0.3 is 14.9 Å². The molecule has 0 spiro atoms. The van der Waals surface area contributed by atoms with E-state index in [-0.39, 0.29) is 12.7 Å². The van der Waals surface area contributed by atoms with Gasteiger partial charge in [0.05, 0.1) is 23.1 Å². The third-order valence-electron chi connectivity index (χ3n) is 2.28. The molecule has 4 heteroatoms. The van der Waals surface area contributed by atoms with Crippen LogP contribution in [0, 0.1) is 0 Å². The van der Waals surface area contributed by atoms with Gasteiger partial charge in [-0.25, -0.2) is 0 Å². The maximum Gasteiger partial charge on any atom is 0.108 e. The number of ether oxygens (including phenoxy) is 1. The van der Waals surface area contributed by atoms with Crippen LogP contribution in [0.5, 0.6) is 0 Å². The monoisotopic (exact) mass is 224 g/mol. The Balaban J connectivity index is 2.71. The fourth-order valence-electron chi connectivity index (χ4n) is 1.22. The average molecular weight is 225 g/mol. The van der Waals surface area contributed by atoms with Crippen molar-refractivity contribution in [1.29, 1.82) is 0 Å². The zero-order chi connectivity index (χ0) is 8.65. The van der Waals surface area contributed by atoms with Crippen molar-refractivity contribution in [2.45, 2.75) is 36.5 Å².